The van der Waals surface area contributed by atoms with Crippen molar-refractivity contribution in [2.75, 3.05) is 46.4 Å². The molecule has 0 aromatic heterocycles. The third-order valence-corrected chi connectivity index (χ3v) is 5.75. The van der Waals surface area contributed by atoms with Crippen molar-refractivity contribution in [3.63, 3.8) is 0 Å². The minimum Gasteiger partial charge on any atom is -0.497 e. The molecule has 1 aliphatic rings. The van der Waals surface area contributed by atoms with Crippen LogP contribution in [0.2, 0.25) is 0 Å². The molecule has 1 fully saturated rings. The normalized spacial score (nSPS) is 15.3. The van der Waals surface area contributed by atoms with E-state index >= 15 is 0 Å². The predicted octanol–water partition coefficient (Wildman–Crippen LogP) is 2.15. The van der Waals surface area contributed by atoms with Crippen LogP contribution in [-0.4, -0.2) is 78.3 Å². The zero-order chi connectivity index (χ0) is 23.1. The number of piperazine rings is 1. The third-order valence-electron chi connectivity index (χ3n) is 5.75. The van der Waals surface area contributed by atoms with Gasteiger partial charge in [-0.3, -0.25) is 14.5 Å². The van der Waals surface area contributed by atoms with E-state index in [0.717, 1.165) is 16.5 Å². The fourth-order valence-corrected chi connectivity index (χ4v) is 3.91. The Morgan fingerprint density at radius 1 is 1.12 bits per heavy atom. The molecule has 3 rings (SSSR count). The Balaban J connectivity index is 1.55. The Morgan fingerprint density at radius 3 is 2.47 bits per heavy atom. The van der Waals surface area contributed by atoms with Crippen LogP contribution in [0.3, 0.4) is 0 Å². The molecule has 2 aromatic rings. The van der Waals surface area contributed by atoms with Gasteiger partial charge in [0, 0.05) is 39.1 Å². The number of amides is 1. The quantitative estimate of drug-likeness (QED) is 0.436. The van der Waals surface area contributed by atoms with Gasteiger partial charge in [-0.05, 0) is 34.9 Å². The number of methoxy groups -OCH3 is 1. The maximum absolute atomic E-state index is 12.6. The third kappa shape index (κ3) is 6.07. The van der Waals surface area contributed by atoms with Crippen molar-refractivity contribution in [3.05, 3.63) is 52.1 Å². The van der Waals surface area contributed by atoms with Gasteiger partial charge in [0.15, 0.2) is 0 Å². The van der Waals surface area contributed by atoms with Gasteiger partial charge >= 0.3 is 5.97 Å². The molecule has 32 heavy (non-hydrogen) atoms. The molecule has 10 nitrogen and oxygen atoms in total. The molecular formula is C22H27N3O7. The van der Waals surface area contributed by atoms with E-state index < -0.39 is 17.0 Å². The molecule has 2 aromatic carbocycles. The highest BCUT2D eigenvalue weighted by Gasteiger charge is 2.25. The molecule has 0 spiro atoms. The molecule has 1 atom stereocenters. The molecule has 1 saturated heterocycles. The van der Waals surface area contributed by atoms with Crippen LogP contribution in [-0.2, 0) is 14.4 Å². The van der Waals surface area contributed by atoms with E-state index in [2.05, 4.69) is 4.84 Å². The Bertz CT molecular complexity index is 973. The summed E-state index contributed by atoms with van der Waals surface area (Å²) in [6.07, 6.45) is 0.356. The van der Waals surface area contributed by atoms with E-state index in [4.69, 9.17) is 4.74 Å². The molecule has 0 aliphatic carbocycles. The lowest BCUT2D eigenvalue weighted by molar-refractivity contribution is -0.757. The second kappa shape index (κ2) is 10.8. The highest BCUT2D eigenvalue weighted by Crippen LogP contribution is 2.28. The topological polar surface area (TPSA) is 122 Å². The van der Waals surface area contributed by atoms with Crippen LogP contribution in [0.5, 0.6) is 5.75 Å². The number of carboxylic acid groups (broad SMARTS) is 1. The summed E-state index contributed by atoms with van der Waals surface area (Å²) in [5, 5.41) is 21.0. The summed E-state index contributed by atoms with van der Waals surface area (Å²) in [6, 6.07) is 11.1. The molecule has 1 heterocycles. The number of carbonyl (C=O) groups is 2. The summed E-state index contributed by atoms with van der Waals surface area (Å²) in [7, 11) is 1.59. The average Bonchev–Trinajstić information content (AvgIpc) is 2.78. The summed E-state index contributed by atoms with van der Waals surface area (Å²) in [6.45, 7) is 2.64. The second-order valence-electron chi connectivity index (χ2n) is 7.68. The minimum atomic E-state index is -0.957. The number of fused-ring (bicyclic) bond motifs is 1. The lowest BCUT2D eigenvalue weighted by Gasteiger charge is -2.34. The van der Waals surface area contributed by atoms with Gasteiger partial charge in [0.25, 0.3) is 5.09 Å². The number of benzene rings is 2. The van der Waals surface area contributed by atoms with Crippen LogP contribution >= 0.6 is 0 Å². The fourth-order valence-electron chi connectivity index (χ4n) is 3.91. The van der Waals surface area contributed by atoms with Gasteiger partial charge in [-0.1, -0.05) is 24.3 Å². The first-order valence-electron chi connectivity index (χ1n) is 10.5. The first-order chi connectivity index (χ1) is 15.4. The Morgan fingerprint density at radius 2 is 1.81 bits per heavy atom. The van der Waals surface area contributed by atoms with Crippen LogP contribution in [0, 0.1) is 10.1 Å². The highest BCUT2D eigenvalue weighted by atomic mass is 16.9. The van der Waals surface area contributed by atoms with Gasteiger partial charge in [0.1, 0.15) is 12.4 Å². The van der Waals surface area contributed by atoms with Gasteiger partial charge in [0.2, 0.25) is 5.91 Å². The Hall–Kier alpha value is -3.40. The zero-order valence-electron chi connectivity index (χ0n) is 17.9. The predicted molar refractivity (Wildman–Crippen MR) is 116 cm³/mol. The van der Waals surface area contributed by atoms with E-state index in [0.29, 0.717) is 38.3 Å². The lowest BCUT2D eigenvalue weighted by Crippen LogP contribution is -2.49. The molecule has 1 aliphatic heterocycles. The maximum Gasteiger partial charge on any atom is 0.310 e. The molecule has 1 amide bonds. The number of hydrogen-bond acceptors (Lipinski definition) is 7. The molecule has 0 unspecified atom stereocenters. The molecule has 0 radical (unpaired) electrons. The van der Waals surface area contributed by atoms with Crippen LogP contribution < -0.4 is 4.74 Å². The second-order valence-corrected chi connectivity index (χ2v) is 7.68. The van der Waals surface area contributed by atoms with Gasteiger partial charge in [0.05, 0.1) is 13.0 Å². The lowest BCUT2D eigenvalue weighted by atomic mass is 9.92. The van der Waals surface area contributed by atoms with Crippen molar-refractivity contribution < 1.29 is 29.4 Å². The van der Waals surface area contributed by atoms with Gasteiger partial charge in [-0.15, -0.1) is 10.1 Å². The minimum absolute atomic E-state index is 0.000221. The van der Waals surface area contributed by atoms with Crippen LogP contribution in [0.25, 0.3) is 10.8 Å². The summed E-state index contributed by atoms with van der Waals surface area (Å²) in [5.41, 5.74) is 0.665. The molecule has 0 saturated carbocycles. The first kappa shape index (κ1) is 23.3. The monoisotopic (exact) mass is 445 g/mol. The number of carboxylic acids is 1. The number of nitrogens with zero attached hydrogens (tertiary/aromatic N) is 3. The largest absolute Gasteiger partial charge is 0.497 e. The van der Waals surface area contributed by atoms with Crippen molar-refractivity contribution in [2.24, 2.45) is 0 Å². The van der Waals surface area contributed by atoms with E-state index in [1.807, 2.05) is 35.2 Å². The van der Waals surface area contributed by atoms with Gasteiger partial charge < -0.3 is 19.6 Å². The van der Waals surface area contributed by atoms with E-state index in [9.17, 15) is 24.8 Å². The summed E-state index contributed by atoms with van der Waals surface area (Å²) in [5.74, 6) is -1.08. The number of carbonyl (C=O) groups excluding carboxylic acids is 1. The fraction of sp³-hybridized carbons (Fsp3) is 0.455. The standard InChI is InChI=1S/C22H27N3O7/c1-31-19-5-4-16-14-18(3-2-17(16)15-19)20(22(27)28)6-7-21(26)24-10-8-23(9-11-24)12-13-32-25(29)30/h2-5,14-15,20H,6-13H2,1H3,(H,27,28)/t20-/m0/s1. The summed E-state index contributed by atoms with van der Waals surface area (Å²) in [4.78, 5) is 42.8. The average molecular weight is 445 g/mol. The van der Waals surface area contributed by atoms with Crippen LogP contribution in [0.1, 0.15) is 24.3 Å². The molecule has 0 bridgehead atoms. The van der Waals surface area contributed by atoms with E-state index in [1.54, 1.807) is 18.1 Å². The van der Waals surface area contributed by atoms with E-state index in [-0.39, 0.29) is 25.4 Å². The van der Waals surface area contributed by atoms with Crippen molar-refractivity contribution in [3.8, 4) is 5.75 Å². The van der Waals surface area contributed by atoms with E-state index in [1.165, 1.54) is 0 Å². The van der Waals surface area contributed by atoms with Crippen molar-refractivity contribution >= 4 is 22.6 Å². The summed E-state index contributed by atoms with van der Waals surface area (Å²) < 4.78 is 5.22. The number of hydrogen-bond donors (Lipinski definition) is 1. The molecule has 1 N–H and O–H groups in total. The Kier molecular flexibility index (Phi) is 7.82. The SMILES string of the molecule is COc1ccc2cc([C@H](CCC(=O)N3CCN(CCO[N+](=O)[O-])CC3)C(=O)O)ccc2c1. The van der Waals surface area contributed by atoms with Crippen LogP contribution in [0.15, 0.2) is 36.4 Å². The van der Waals surface area contributed by atoms with Crippen LogP contribution in [0.4, 0.5) is 0 Å². The van der Waals surface area contributed by atoms with Crippen molar-refractivity contribution in [1.29, 1.82) is 0 Å². The highest BCUT2D eigenvalue weighted by molar-refractivity contribution is 5.87. The van der Waals surface area contributed by atoms with Crippen molar-refractivity contribution in [1.82, 2.24) is 9.80 Å². The molecule has 172 valence electrons. The number of ether oxygens (including phenoxy) is 1. The van der Waals surface area contributed by atoms with Crippen molar-refractivity contribution in [2.45, 2.75) is 18.8 Å². The Labute approximate surface area is 185 Å². The number of rotatable bonds is 10. The van der Waals surface area contributed by atoms with Gasteiger partial charge in [-0.2, -0.15) is 0 Å². The van der Waals surface area contributed by atoms with Gasteiger partial charge in [-0.25, -0.2) is 0 Å². The molecule has 10 heteroatoms. The molecular weight excluding hydrogens is 418 g/mol. The maximum atomic E-state index is 12.6. The summed E-state index contributed by atoms with van der Waals surface area (Å²) >= 11 is 0. The number of aliphatic carboxylic acids is 1. The smallest absolute Gasteiger partial charge is 0.310 e. The zero-order valence-corrected chi connectivity index (χ0v) is 17.9. The first-order valence-corrected chi connectivity index (χ1v) is 10.5.